The Morgan fingerprint density at radius 3 is 2.85 bits per heavy atom. The molecule has 0 aliphatic rings. The van der Waals surface area contributed by atoms with Crippen LogP contribution >= 0.6 is 11.6 Å². The van der Waals surface area contributed by atoms with Crippen LogP contribution in [0.25, 0.3) is 0 Å². The Bertz CT molecular complexity index is 374. The molecule has 0 aromatic carbocycles. The van der Waals surface area contributed by atoms with E-state index in [0.717, 1.165) is 0 Å². The first-order valence-corrected chi connectivity index (χ1v) is 5.64. The minimum atomic E-state index is -3.38. The zero-order valence-corrected chi connectivity index (χ0v) is 8.51. The third-order valence-corrected chi connectivity index (χ3v) is 2.95. The van der Waals surface area contributed by atoms with Gasteiger partial charge in [-0.1, -0.05) is 0 Å². The van der Waals surface area contributed by atoms with Crippen LogP contribution in [0.2, 0.25) is 0 Å². The number of aromatic nitrogens is 3. The van der Waals surface area contributed by atoms with Crippen molar-refractivity contribution in [1.29, 1.82) is 0 Å². The molecule has 0 unspecified atom stereocenters. The summed E-state index contributed by atoms with van der Waals surface area (Å²) in [6.07, 6.45) is 1.40. The SMILES string of the molecule is Cn1cnnc1NS(=O)(=O)CCCl. The van der Waals surface area contributed by atoms with Crippen LogP contribution in [0.1, 0.15) is 0 Å². The molecule has 8 heteroatoms. The van der Waals surface area contributed by atoms with Crippen molar-refractivity contribution in [3.63, 3.8) is 0 Å². The van der Waals surface area contributed by atoms with E-state index >= 15 is 0 Å². The molecule has 0 saturated carbocycles. The Hall–Kier alpha value is -0.820. The summed E-state index contributed by atoms with van der Waals surface area (Å²) in [5.41, 5.74) is 0. The van der Waals surface area contributed by atoms with Gasteiger partial charge in [0.25, 0.3) is 0 Å². The maximum atomic E-state index is 11.2. The molecule has 0 atom stereocenters. The predicted octanol–water partition coefficient (Wildman–Crippen LogP) is -0.204. The van der Waals surface area contributed by atoms with Crippen molar-refractivity contribution in [3.8, 4) is 0 Å². The summed E-state index contributed by atoms with van der Waals surface area (Å²) in [7, 11) is -1.74. The standard InChI is InChI=1S/C5H9ClN4O2S/c1-10-4-7-8-5(10)9-13(11,12)3-2-6/h4H,2-3H2,1H3,(H,8,9). The lowest BCUT2D eigenvalue weighted by molar-refractivity contribution is 0.601. The van der Waals surface area contributed by atoms with E-state index in [1.807, 2.05) is 0 Å². The zero-order chi connectivity index (χ0) is 9.90. The average Bonchev–Trinajstić information content (AvgIpc) is 2.35. The predicted molar refractivity (Wildman–Crippen MR) is 49.1 cm³/mol. The summed E-state index contributed by atoms with van der Waals surface area (Å²) in [6, 6.07) is 0. The van der Waals surface area contributed by atoms with Crippen molar-refractivity contribution < 1.29 is 8.42 Å². The Morgan fingerprint density at radius 2 is 2.38 bits per heavy atom. The van der Waals surface area contributed by atoms with E-state index in [1.165, 1.54) is 10.9 Å². The summed E-state index contributed by atoms with van der Waals surface area (Å²) in [4.78, 5) is 0. The van der Waals surface area contributed by atoms with Gasteiger partial charge in [-0.25, -0.2) is 8.42 Å². The number of aryl methyl sites for hydroxylation is 1. The Labute approximate surface area is 81.0 Å². The lowest BCUT2D eigenvalue weighted by Crippen LogP contribution is -2.19. The fourth-order valence-corrected chi connectivity index (χ4v) is 2.04. The van der Waals surface area contributed by atoms with E-state index in [0.29, 0.717) is 0 Å². The van der Waals surface area contributed by atoms with Gasteiger partial charge in [0.05, 0.1) is 5.75 Å². The Morgan fingerprint density at radius 1 is 1.69 bits per heavy atom. The first-order chi connectivity index (χ1) is 6.05. The minimum absolute atomic E-state index is 0.0488. The lowest BCUT2D eigenvalue weighted by atomic mass is 11.0. The van der Waals surface area contributed by atoms with Gasteiger partial charge in [-0.15, -0.1) is 21.8 Å². The van der Waals surface area contributed by atoms with Crippen molar-refractivity contribution >= 4 is 27.6 Å². The topological polar surface area (TPSA) is 76.9 Å². The molecule has 1 rings (SSSR count). The lowest BCUT2D eigenvalue weighted by Gasteiger charge is -2.03. The largest absolute Gasteiger partial charge is 0.302 e. The first-order valence-electron chi connectivity index (χ1n) is 3.45. The van der Waals surface area contributed by atoms with Crippen molar-refractivity contribution in [3.05, 3.63) is 6.33 Å². The fraction of sp³-hybridized carbons (Fsp3) is 0.600. The van der Waals surface area contributed by atoms with Crippen molar-refractivity contribution in [2.75, 3.05) is 16.4 Å². The van der Waals surface area contributed by atoms with Gasteiger partial charge in [0.1, 0.15) is 6.33 Å². The van der Waals surface area contributed by atoms with Crippen molar-refractivity contribution in [2.45, 2.75) is 0 Å². The number of hydrogen-bond acceptors (Lipinski definition) is 4. The number of hydrogen-bond donors (Lipinski definition) is 1. The molecule has 1 heterocycles. The summed E-state index contributed by atoms with van der Waals surface area (Å²) in [5.74, 6) is 0.0966. The molecule has 0 aliphatic heterocycles. The number of halogens is 1. The quantitative estimate of drug-likeness (QED) is 0.719. The molecule has 1 aromatic rings. The molecule has 6 nitrogen and oxygen atoms in total. The normalized spacial score (nSPS) is 11.5. The van der Waals surface area contributed by atoms with Gasteiger partial charge in [0.15, 0.2) is 0 Å². The van der Waals surface area contributed by atoms with Gasteiger partial charge in [0.2, 0.25) is 16.0 Å². The maximum absolute atomic E-state index is 11.2. The second-order valence-corrected chi connectivity index (χ2v) is 4.60. The van der Waals surface area contributed by atoms with Crippen LogP contribution in [0.3, 0.4) is 0 Å². The summed E-state index contributed by atoms with van der Waals surface area (Å²) >= 11 is 5.30. The third kappa shape index (κ3) is 2.85. The van der Waals surface area contributed by atoms with Crippen molar-refractivity contribution in [2.24, 2.45) is 7.05 Å². The molecule has 13 heavy (non-hydrogen) atoms. The molecule has 0 fully saturated rings. The van der Waals surface area contributed by atoms with E-state index in [1.54, 1.807) is 7.05 Å². The van der Waals surface area contributed by atoms with Crippen molar-refractivity contribution in [1.82, 2.24) is 14.8 Å². The second kappa shape index (κ2) is 3.93. The van der Waals surface area contributed by atoms with Crippen LogP contribution in [0.4, 0.5) is 5.95 Å². The molecular formula is C5H9ClN4O2S. The minimum Gasteiger partial charge on any atom is -0.302 e. The van der Waals surface area contributed by atoms with Crippen LogP contribution in [0, 0.1) is 0 Å². The molecular weight excluding hydrogens is 216 g/mol. The summed E-state index contributed by atoms with van der Waals surface area (Å²) in [6.45, 7) is 0. The zero-order valence-electron chi connectivity index (χ0n) is 6.94. The first kappa shape index (κ1) is 10.3. The maximum Gasteiger partial charge on any atom is 0.237 e. The third-order valence-electron chi connectivity index (χ3n) is 1.30. The van der Waals surface area contributed by atoms with Gasteiger partial charge in [0, 0.05) is 12.9 Å². The van der Waals surface area contributed by atoms with E-state index in [2.05, 4.69) is 14.9 Å². The molecule has 0 amide bonds. The number of sulfonamides is 1. The average molecular weight is 225 g/mol. The monoisotopic (exact) mass is 224 g/mol. The Kier molecular flexibility index (Phi) is 3.10. The smallest absolute Gasteiger partial charge is 0.237 e. The van der Waals surface area contributed by atoms with Gasteiger partial charge in [-0.05, 0) is 0 Å². The highest BCUT2D eigenvalue weighted by molar-refractivity contribution is 7.92. The highest BCUT2D eigenvalue weighted by atomic mass is 35.5. The van der Waals surface area contributed by atoms with Crippen LogP contribution < -0.4 is 4.72 Å². The highest BCUT2D eigenvalue weighted by Gasteiger charge is 2.12. The van der Waals surface area contributed by atoms with Crippen LogP contribution in [-0.2, 0) is 17.1 Å². The molecule has 74 valence electrons. The van der Waals surface area contributed by atoms with Crippen LogP contribution in [0.15, 0.2) is 6.33 Å². The number of nitrogens with zero attached hydrogens (tertiary/aromatic N) is 3. The number of alkyl halides is 1. The molecule has 1 aromatic heterocycles. The van der Waals surface area contributed by atoms with Gasteiger partial charge < -0.3 is 4.57 Å². The van der Waals surface area contributed by atoms with Crippen LogP contribution in [0.5, 0.6) is 0 Å². The number of nitrogens with one attached hydrogen (secondary N) is 1. The van der Waals surface area contributed by atoms with E-state index in [9.17, 15) is 8.42 Å². The number of anilines is 1. The highest BCUT2D eigenvalue weighted by Crippen LogP contribution is 2.02. The molecule has 1 N–H and O–H groups in total. The van der Waals surface area contributed by atoms with Gasteiger partial charge in [-0.2, -0.15) is 0 Å². The molecule has 0 spiro atoms. The van der Waals surface area contributed by atoms with E-state index in [-0.39, 0.29) is 17.6 Å². The van der Waals surface area contributed by atoms with Gasteiger partial charge >= 0.3 is 0 Å². The molecule has 0 bridgehead atoms. The molecule has 0 saturated heterocycles. The number of rotatable bonds is 4. The van der Waals surface area contributed by atoms with E-state index in [4.69, 9.17) is 11.6 Å². The van der Waals surface area contributed by atoms with E-state index < -0.39 is 10.0 Å². The Balaban J connectivity index is 2.75. The second-order valence-electron chi connectivity index (χ2n) is 2.38. The van der Waals surface area contributed by atoms with Crippen LogP contribution in [-0.4, -0.2) is 34.8 Å². The molecule has 0 radical (unpaired) electrons. The summed E-state index contributed by atoms with van der Waals surface area (Å²) in [5, 5.41) is 7.08. The fourth-order valence-electron chi connectivity index (χ4n) is 0.667. The summed E-state index contributed by atoms with van der Waals surface area (Å²) < 4.78 is 26.1. The molecule has 0 aliphatic carbocycles. The van der Waals surface area contributed by atoms with Gasteiger partial charge in [-0.3, -0.25) is 4.72 Å².